The molecule has 1 heterocycles. The number of thiophene rings is 1. The minimum atomic E-state index is -3.64. The monoisotopic (exact) mass is 537 g/mol. The Morgan fingerprint density at radius 2 is 2.00 bits per heavy atom. The molecule has 1 aromatic heterocycles. The van der Waals surface area contributed by atoms with Crippen LogP contribution in [0.1, 0.15) is 17.4 Å². The number of aliphatic imine (C=N–C) groups is 1. The molecule has 2 rings (SSSR count). The summed E-state index contributed by atoms with van der Waals surface area (Å²) in [5.41, 5.74) is 2.45. The first-order valence-electron chi connectivity index (χ1n) is 8.71. The Kier molecular flexibility index (Phi) is 10.2. The number of guanidine groups is 1. The molecular weight excluding hydrogens is 509 g/mol. The van der Waals surface area contributed by atoms with E-state index in [-0.39, 0.29) is 28.2 Å². The molecule has 7 nitrogen and oxygen atoms in total. The number of aryl methyl sites for hydroxylation is 1. The number of hydrogen-bond acceptors (Lipinski definition) is 5. The number of benzene rings is 1. The zero-order chi connectivity index (χ0) is 19.9. The molecule has 0 aliphatic carbocycles. The van der Waals surface area contributed by atoms with Crippen LogP contribution in [0.4, 0.5) is 5.69 Å². The van der Waals surface area contributed by atoms with Gasteiger partial charge in [-0.1, -0.05) is 12.1 Å². The second kappa shape index (κ2) is 11.6. The van der Waals surface area contributed by atoms with E-state index in [2.05, 4.69) is 58.6 Å². The van der Waals surface area contributed by atoms with Crippen molar-refractivity contribution in [3.63, 3.8) is 0 Å². The van der Waals surface area contributed by atoms with Crippen LogP contribution in [-0.4, -0.2) is 41.1 Å². The van der Waals surface area contributed by atoms with Gasteiger partial charge in [-0.25, -0.2) is 13.6 Å². The van der Waals surface area contributed by atoms with Crippen LogP contribution in [-0.2, 0) is 16.6 Å². The lowest BCUT2D eigenvalue weighted by molar-refractivity contribution is 0.600. The van der Waals surface area contributed by atoms with E-state index >= 15 is 0 Å². The molecule has 28 heavy (non-hydrogen) atoms. The Morgan fingerprint density at radius 1 is 1.25 bits per heavy atom. The first-order chi connectivity index (χ1) is 12.8. The molecule has 0 amide bonds. The highest BCUT2D eigenvalue weighted by Crippen LogP contribution is 2.20. The third kappa shape index (κ3) is 7.57. The van der Waals surface area contributed by atoms with Crippen molar-refractivity contribution in [2.45, 2.75) is 24.6 Å². The van der Waals surface area contributed by atoms with E-state index in [0.717, 1.165) is 35.8 Å². The largest absolute Gasteiger partial charge is 0.370 e. The number of nitrogens with one attached hydrogen (secondary N) is 2. The molecule has 1 aromatic carbocycles. The van der Waals surface area contributed by atoms with Gasteiger partial charge >= 0.3 is 0 Å². The van der Waals surface area contributed by atoms with Gasteiger partial charge in [-0.3, -0.25) is 4.99 Å². The molecule has 0 radical (unpaired) electrons. The van der Waals surface area contributed by atoms with Gasteiger partial charge in [0, 0.05) is 37.2 Å². The number of sulfonamides is 1. The van der Waals surface area contributed by atoms with Crippen LogP contribution in [0.2, 0.25) is 0 Å². The molecule has 0 bridgehead atoms. The molecule has 0 spiro atoms. The van der Waals surface area contributed by atoms with E-state index in [0.29, 0.717) is 12.5 Å². The van der Waals surface area contributed by atoms with Crippen LogP contribution < -0.4 is 20.7 Å². The lowest BCUT2D eigenvalue weighted by Crippen LogP contribution is -2.41. The van der Waals surface area contributed by atoms with E-state index in [1.54, 1.807) is 13.1 Å². The van der Waals surface area contributed by atoms with Crippen molar-refractivity contribution in [3.8, 4) is 0 Å². The fraction of sp³-hybridized carbons (Fsp3) is 0.389. The van der Waals surface area contributed by atoms with Gasteiger partial charge in [0.1, 0.15) is 4.21 Å². The average Bonchev–Trinajstić information content (AvgIpc) is 3.10. The molecule has 0 aliphatic heterocycles. The summed E-state index contributed by atoms with van der Waals surface area (Å²) in [4.78, 5) is 7.37. The highest BCUT2D eigenvalue weighted by Gasteiger charge is 2.11. The summed E-state index contributed by atoms with van der Waals surface area (Å²) in [6.07, 6.45) is 0. The maximum absolute atomic E-state index is 11.3. The zero-order valence-electron chi connectivity index (χ0n) is 16.3. The van der Waals surface area contributed by atoms with Crippen molar-refractivity contribution in [1.82, 2.24) is 10.6 Å². The van der Waals surface area contributed by atoms with Gasteiger partial charge in [-0.05, 0) is 43.7 Å². The highest BCUT2D eigenvalue weighted by atomic mass is 127. The molecule has 0 atom stereocenters. The lowest BCUT2D eigenvalue weighted by atomic mass is 10.2. The third-order valence-corrected chi connectivity index (χ3v) is 6.52. The van der Waals surface area contributed by atoms with Gasteiger partial charge in [0.05, 0.1) is 6.54 Å². The number of likely N-dealkylation sites (N-methyl/N-ethyl adjacent to an activating group) is 1. The van der Waals surface area contributed by atoms with Gasteiger partial charge < -0.3 is 15.5 Å². The predicted octanol–water partition coefficient (Wildman–Crippen LogP) is 2.51. The number of anilines is 1. The molecule has 0 saturated carbocycles. The minimum Gasteiger partial charge on any atom is -0.370 e. The van der Waals surface area contributed by atoms with Crippen LogP contribution >= 0.6 is 35.3 Å². The fourth-order valence-corrected chi connectivity index (χ4v) is 4.32. The molecule has 0 fully saturated rings. The van der Waals surface area contributed by atoms with Crippen LogP contribution in [0.3, 0.4) is 0 Å². The Balaban J connectivity index is 0.00000392. The summed E-state index contributed by atoms with van der Waals surface area (Å²) >= 11 is 1.16. The van der Waals surface area contributed by atoms with Gasteiger partial charge in [0.25, 0.3) is 0 Å². The predicted molar refractivity (Wildman–Crippen MR) is 128 cm³/mol. The van der Waals surface area contributed by atoms with Crippen molar-refractivity contribution >= 4 is 57.0 Å². The van der Waals surface area contributed by atoms with E-state index in [1.807, 2.05) is 0 Å². The molecular formula is C18H28IN5O2S2. The van der Waals surface area contributed by atoms with E-state index in [9.17, 15) is 8.42 Å². The SMILES string of the molecule is CCN(CCNC(=NC)NCc1ccc(S(N)(=O)=O)s1)c1cccc(C)c1.I. The van der Waals surface area contributed by atoms with Crippen LogP contribution in [0, 0.1) is 6.92 Å². The number of hydrogen-bond donors (Lipinski definition) is 3. The first kappa shape index (κ1) is 24.7. The number of rotatable bonds is 8. The topological polar surface area (TPSA) is 99.8 Å². The second-order valence-corrected chi connectivity index (χ2v) is 8.99. The van der Waals surface area contributed by atoms with Gasteiger partial charge in [0.15, 0.2) is 5.96 Å². The summed E-state index contributed by atoms with van der Waals surface area (Å²) < 4.78 is 22.8. The molecule has 156 valence electrons. The molecule has 0 saturated heterocycles. The molecule has 10 heteroatoms. The quantitative estimate of drug-likeness (QED) is 0.273. The molecule has 0 aliphatic rings. The third-order valence-electron chi connectivity index (χ3n) is 3.99. The Bertz CT molecular complexity index is 884. The molecule has 0 unspecified atom stereocenters. The van der Waals surface area contributed by atoms with Crippen molar-refractivity contribution in [1.29, 1.82) is 0 Å². The second-order valence-electron chi connectivity index (χ2n) is 6.04. The van der Waals surface area contributed by atoms with Crippen molar-refractivity contribution in [2.24, 2.45) is 10.1 Å². The maximum Gasteiger partial charge on any atom is 0.247 e. The Hall–Kier alpha value is -1.37. The highest BCUT2D eigenvalue weighted by molar-refractivity contribution is 14.0. The maximum atomic E-state index is 11.3. The van der Waals surface area contributed by atoms with Gasteiger partial charge in [0.2, 0.25) is 10.0 Å². The zero-order valence-corrected chi connectivity index (χ0v) is 20.3. The van der Waals surface area contributed by atoms with E-state index in [1.165, 1.54) is 17.3 Å². The molecule has 2 aromatic rings. The van der Waals surface area contributed by atoms with E-state index in [4.69, 9.17) is 5.14 Å². The summed E-state index contributed by atoms with van der Waals surface area (Å²) in [5.74, 6) is 0.667. The lowest BCUT2D eigenvalue weighted by Gasteiger charge is -2.24. The standard InChI is InChI=1S/C18H27N5O2S2.HI/c1-4-23(15-7-5-6-14(2)12-15)11-10-21-18(20-3)22-13-16-8-9-17(26-16)27(19,24)25;/h5-9,12H,4,10-11,13H2,1-3H3,(H2,19,24,25)(H2,20,21,22);1H. The molecule has 4 N–H and O–H groups in total. The fourth-order valence-electron chi connectivity index (χ4n) is 2.60. The van der Waals surface area contributed by atoms with E-state index < -0.39 is 10.0 Å². The van der Waals surface area contributed by atoms with Crippen LogP contribution in [0.5, 0.6) is 0 Å². The summed E-state index contributed by atoms with van der Waals surface area (Å²) in [7, 11) is -1.94. The summed E-state index contributed by atoms with van der Waals surface area (Å²) in [6, 6.07) is 11.7. The van der Waals surface area contributed by atoms with Crippen molar-refractivity contribution < 1.29 is 8.42 Å². The number of halogens is 1. The summed E-state index contributed by atoms with van der Waals surface area (Å²) in [6.45, 7) is 7.20. The Labute approximate surface area is 188 Å². The van der Waals surface area contributed by atoms with Crippen molar-refractivity contribution in [3.05, 3.63) is 46.8 Å². The smallest absolute Gasteiger partial charge is 0.247 e. The number of nitrogens with zero attached hydrogens (tertiary/aromatic N) is 2. The first-order valence-corrected chi connectivity index (χ1v) is 11.1. The number of nitrogens with two attached hydrogens (primary N) is 1. The van der Waals surface area contributed by atoms with Crippen LogP contribution in [0.25, 0.3) is 0 Å². The van der Waals surface area contributed by atoms with Gasteiger partial charge in [-0.2, -0.15) is 0 Å². The van der Waals surface area contributed by atoms with Gasteiger partial charge in [-0.15, -0.1) is 35.3 Å². The normalized spacial score (nSPS) is 11.6. The summed E-state index contributed by atoms with van der Waals surface area (Å²) in [5, 5.41) is 11.6. The Morgan fingerprint density at radius 3 is 2.57 bits per heavy atom. The number of primary sulfonamides is 1. The minimum absolute atomic E-state index is 0. The average molecular weight is 537 g/mol. The van der Waals surface area contributed by atoms with Crippen LogP contribution in [0.15, 0.2) is 45.6 Å². The van der Waals surface area contributed by atoms with Crippen molar-refractivity contribution in [2.75, 3.05) is 31.6 Å².